The molecule has 0 bridgehead atoms. The van der Waals surface area contributed by atoms with E-state index in [4.69, 9.17) is 9.84 Å². The number of imide groups is 1. The Bertz CT molecular complexity index is 1790. The molecule has 0 saturated carbocycles. The van der Waals surface area contributed by atoms with E-state index in [0.29, 0.717) is 29.4 Å². The molecule has 0 aliphatic carbocycles. The minimum Gasteiger partial charge on any atom is -0.493 e. The van der Waals surface area contributed by atoms with Gasteiger partial charge in [-0.05, 0) is 79.8 Å². The first-order valence-corrected chi connectivity index (χ1v) is 14.3. The summed E-state index contributed by atoms with van der Waals surface area (Å²) in [6, 6.07) is 25.3. The van der Waals surface area contributed by atoms with Gasteiger partial charge >= 0.3 is 0 Å². The number of carbonyl (C=O) groups excluding carboxylic acids is 2. The zero-order valence-electron chi connectivity index (χ0n) is 25.1. The molecule has 0 saturated heterocycles. The molecule has 43 heavy (non-hydrogen) atoms. The van der Waals surface area contributed by atoms with E-state index in [0.717, 1.165) is 38.6 Å². The number of aromatic nitrogens is 2. The summed E-state index contributed by atoms with van der Waals surface area (Å²) in [7, 11) is 0. The average Bonchev–Trinajstić information content (AvgIpc) is 3.42. The van der Waals surface area contributed by atoms with Crippen LogP contribution in [0.2, 0.25) is 0 Å². The second kappa shape index (κ2) is 12.3. The average molecular weight is 571 g/mol. The number of hydrogen-bond acceptors (Lipinski definition) is 5. The van der Waals surface area contributed by atoms with E-state index in [2.05, 4.69) is 13.8 Å². The van der Waals surface area contributed by atoms with Gasteiger partial charge < -0.3 is 4.74 Å². The van der Waals surface area contributed by atoms with Gasteiger partial charge in [-0.2, -0.15) is 10.4 Å². The summed E-state index contributed by atoms with van der Waals surface area (Å²) in [6.45, 7) is 10.5. The Morgan fingerprint density at radius 1 is 0.953 bits per heavy atom. The summed E-state index contributed by atoms with van der Waals surface area (Å²) in [6.07, 6.45) is 3.60. The van der Waals surface area contributed by atoms with Crippen LogP contribution in [0.1, 0.15) is 43.0 Å². The molecule has 0 radical (unpaired) electrons. The molecule has 0 spiro atoms. The van der Waals surface area contributed by atoms with Crippen molar-refractivity contribution in [1.82, 2.24) is 14.7 Å². The molecule has 7 heteroatoms. The molecule has 7 nitrogen and oxygen atoms in total. The highest BCUT2D eigenvalue weighted by Gasteiger charge is 2.35. The van der Waals surface area contributed by atoms with Gasteiger partial charge in [0.1, 0.15) is 17.4 Å². The summed E-state index contributed by atoms with van der Waals surface area (Å²) in [5, 5.41) is 14.8. The summed E-state index contributed by atoms with van der Waals surface area (Å²) in [4.78, 5) is 28.3. The van der Waals surface area contributed by atoms with Crippen LogP contribution in [-0.2, 0) is 16.1 Å². The second-order valence-electron chi connectivity index (χ2n) is 11.3. The number of amides is 2. The van der Waals surface area contributed by atoms with Crippen LogP contribution in [0.5, 0.6) is 5.75 Å². The molecule has 1 aliphatic heterocycles. The summed E-state index contributed by atoms with van der Waals surface area (Å²) in [5.74, 6) is 0.175. The number of aryl methyl sites for hydroxylation is 2. The molecule has 5 rings (SSSR count). The lowest BCUT2D eigenvalue weighted by molar-refractivity contribution is -0.141. The van der Waals surface area contributed by atoms with Crippen LogP contribution >= 0.6 is 0 Å². The lowest BCUT2D eigenvalue weighted by Crippen LogP contribution is -2.42. The Hall–Kier alpha value is -5.22. The number of hydrogen-bond donors (Lipinski definition) is 0. The van der Waals surface area contributed by atoms with Gasteiger partial charge in [0.15, 0.2) is 0 Å². The van der Waals surface area contributed by atoms with Crippen molar-refractivity contribution in [3.05, 3.63) is 118 Å². The predicted molar refractivity (Wildman–Crippen MR) is 167 cm³/mol. The third kappa shape index (κ3) is 6.19. The molecule has 4 aromatic rings. The van der Waals surface area contributed by atoms with Crippen molar-refractivity contribution in [2.45, 2.75) is 41.2 Å². The van der Waals surface area contributed by atoms with E-state index in [-0.39, 0.29) is 17.7 Å². The first-order valence-electron chi connectivity index (χ1n) is 14.3. The third-order valence-corrected chi connectivity index (χ3v) is 7.37. The molecule has 0 unspecified atom stereocenters. The topological polar surface area (TPSA) is 88.2 Å². The Morgan fingerprint density at radius 3 is 2.33 bits per heavy atom. The molecule has 0 atom stereocenters. The van der Waals surface area contributed by atoms with Gasteiger partial charge in [0.05, 0.1) is 24.5 Å². The second-order valence-corrected chi connectivity index (χ2v) is 11.3. The zero-order valence-corrected chi connectivity index (χ0v) is 25.1. The van der Waals surface area contributed by atoms with Crippen LogP contribution in [0.3, 0.4) is 0 Å². The smallest absolute Gasteiger partial charge is 0.271 e. The molecule has 3 aromatic carbocycles. The summed E-state index contributed by atoms with van der Waals surface area (Å²) >= 11 is 0. The van der Waals surface area contributed by atoms with Crippen molar-refractivity contribution in [2.75, 3.05) is 6.61 Å². The van der Waals surface area contributed by atoms with E-state index >= 15 is 0 Å². The minimum absolute atomic E-state index is 0.0440. The molecule has 2 amide bonds. The summed E-state index contributed by atoms with van der Waals surface area (Å²) < 4.78 is 7.76. The van der Waals surface area contributed by atoms with Gasteiger partial charge in [-0.25, -0.2) is 4.68 Å². The fourth-order valence-corrected chi connectivity index (χ4v) is 4.95. The van der Waals surface area contributed by atoms with Gasteiger partial charge in [0, 0.05) is 22.9 Å². The number of nitrogens with zero attached hydrogens (tertiary/aromatic N) is 4. The largest absolute Gasteiger partial charge is 0.493 e. The van der Waals surface area contributed by atoms with Crippen molar-refractivity contribution in [3.63, 3.8) is 0 Å². The van der Waals surface area contributed by atoms with Gasteiger partial charge in [-0.1, -0.05) is 61.9 Å². The van der Waals surface area contributed by atoms with Gasteiger partial charge in [-0.15, -0.1) is 0 Å². The number of nitriles is 1. The SMILES string of the molecule is CC1=C(C#N)C(=O)N(Cc2ccc(C)cc2)C(=O)/C1=C/c1cn(-c2ccccc2)nc1-c1ccc(OCC(C)C)c(C)c1. The predicted octanol–water partition coefficient (Wildman–Crippen LogP) is 6.98. The van der Waals surface area contributed by atoms with Crippen molar-refractivity contribution < 1.29 is 14.3 Å². The van der Waals surface area contributed by atoms with Crippen molar-refractivity contribution >= 4 is 17.9 Å². The van der Waals surface area contributed by atoms with Crippen molar-refractivity contribution in [2.24, 2.45) is 5.92 Å². The number of carbonyl (C=O) groups is 2. The van der Waals surface area contributed by atoms with Crippen molar-refractivity contribution in [1.29, 1.82) is 5.26 Å². The number of rotatable bonds is 8. The van der Waals surface area contributed by atoms with E-state index < -0.39 is 11.8 Å². The highest BCUT2D eigenvalue weighted by molar-refractivity contribution is 6.19. The Balaban J connectivity index is 1.62. The van der Waals surface area contributed by atoms with Crippen molar-refractivity contribution in [3.8, 4) is 28.8 Å². The maximum absolute atomic E-state index is 13.9. The fraction of sp³-hybridized carbons (Fsp3) is 0.222. The van der Waals surface area contributed by atoms with Crippen LogP contribution in [-0.4, -0.2) is 33.1 Å². The first-order chi connectivity index (χ1) is 20.7. The normalized spacial score (nSPS) is 14.5. The maximum Gasteiger partial charge on any atom is 0.271 e. The highest BCUT2D eigenvalue weighted by Crippen LogP contribution is 2.33. The van der Waals surface area contributed by atoms with Gasteiger partial charge in [0.2, 0.25) is 0 Å². The lowest BCUT2D eigenvalue weighted by atomic mass is 9.92. The molecular formula is C36H34N4O3. The maximum atomic E-state index is 13.9. The number of para-hydroxylation sites is 1. The third-order valence-electron chi connectivity index (χ3n) is 7.37. The van der Waals surface area contributed by atoms with E-state index in [1.54, 1.807) is 17.7 Å². The number of ether oxygens (including phenoxy) is 1. The Kier molecular flexibility index (Phi) is 8.40. The van der Waals surface area contributed by atoms with Crippen LogP contribution in [0, 0.1) is 31.1 Å². The lowest BCUT2D eigenvalue weighted by Gasteiger charge is -2.27. The standard InChI is InChI=1S/C36H34N4O3/c1-23(2)22-43-33-16-15-28(17-25(33)4)34-29(21-40(38-34)30-9-7-6-8-10-30)18-31-26(5)32(19-37)36(42)39(35(31)41)20-27-13-11-24(3)12-14-27/h6-18,21,23H,20,22H2,1-5H3/b31-18+. The zero-order chi connectivity index (χ0) is 30.7. The highest BCUT2D eigenvalue weighted by atomic mass is 16.5. The molecule has 216 valence electrons. The molecule has 2 heterocycles. The van der Waals surface area contributed by atoms with Crippen LogP contribution in [0.4, 0.5) is 0 Å². The molecular weight excluding hydrogens is 536 g/mol. The Morgan fingerprint density at radius 2 is 1.67 bits per heavy atom. The quantitative estimate of drug-likeness (QED) is 0.168. The van der Waals surface area contributed by atoms with Crippen LogP contribution in [0.15, 0.2) is 95.7 Å². The van der Waals surface area contributed by atoms with E-state index in [9.17, 15) is 14.9 Å². The molecule has 0 fully saturated rings. The number of benzene rings is 3. The van der Waals surface area contributed by atoms with Crippen LogP contribution in [0.25, 0.3) is 23.0 Å². The van der Waals surface area contributed by atoms with Crippen LogP contribution < -0.4 is 4.74 Å². The fourth-order valence-electron chi connectivity index (χ4n) is 4.95. The molecule has 0 N–H and O–H groups in total. The first kappa shape index (κ1) is 29.3. The monoisotopic (exact) mass is 570 g/mol. The van der Waals surface area contributed by atoms with E-state index in [1.807, 2.05) is 98.9 Å². The molecule has 1 aliphatic rings. The van der Waals surface area contributed by atoms with Gasteiger partial charge in [0.25, 0.3) is 11.8 Å². The molecule has 1 aromatic heterocycles. The Labute approximate surface area is 252 Å². The van der Waals surface area contributed by atoms with E-state index in [1.165, 1.54) is 0 Å². The minimum atomic E-state index is -0.587. The summed E-state index contributed by atoms with van der Waals surface area (Å²) in [5.41, 5.74) is 6.50. The van der Waals surface area contributed by atoms with Gasteiger partial charge in [-0.3, -0.25) is 14.5 Å².